The Kier molecular flexibility index (Phi) is 2.86. The van der Waals surface area contributed by atoms with E-state index in [4.69, 9.17) is 4.74 Å². The monoisotopic (exact) mass is 280 g/mol. The van der Waals surface area contributed by atoms with E-state index in [1.807, 2.05) is 6.92 Å². The lowest BCUT2D eigenvalue weighted by Gasteiger charge is -2.52. The Labute approximate surface area is 117 Å². The van der Waals surface area contributed by atoms with Crippen molar-refractivity contribution in [3.63, 3.8) is 0 Å². The molecule has 110 valence electrons. The first-order valence-corrected chi connectivity index (χ1v) is 7.11. The fourth-order valence-corrected chi connectivity index (χ4v) is 4.28. The van der Waals surface area contributed by atoms with Gasteiger partial charge in [-0.05, 0) is 25.0 Å². The maximum absolute atomic E-state index is 12.3. The molecule has 2 aliphatic carbocycles. The van der Waals surface area contributed by atoms with Gasteiger partial charge in [0.15, 0.2) is 5.78 Å². The summed E-state index contributed by atoms with van der Waals surface area (Å²) in [7, 11) is 0. The highest BCUT2D eigenvalue weighted by molar-refractivity contribution is 5.96. The maximum Gasteiger partial charge on any atom is 0.309 e. The molecule has 0 radical (unpaired) electrons. The summed E-state index contributed by atoms with van der Waals surface area (Å²) in [5.41, 5.74) is -2.28. The average molecular weight is 280 g/mol. The molecule has 2 N–H and O–H groups in total. The third-order valence-corrected chi connectivity index (χ3v) is 5.58. The largest absolute Gasteiger partial charge is 0.461 e. The molecule has 0 spiro atoms. The number of ketones is 1. The van der Waals surface area contributed by atoms with Crippen LogP contribution in [0.5, 0.6) is 0 Å². The Balaban J connectivity index is 2.09. The van der Waals surface area contributed by atoms with E-state index in [2.05, 4.69) is 0 Å². The van der Waals surface area contributed by atoms with Crippen molar-refractivity contribution in [3.05, 3.63) is 12.2 Å². The Morgan fingerprint density at radius 1 is 1.45 bits per heavy atom. The van der Waals surface area contributed by atoms with Crippen LogP contribution < -0.4 is 0 Å². The maximum atomic E-state index is 12.3. The number of allylic oxidation sites excluding steroid dienone is 1. The van der Waals surface area contributed by atoms with Crippen LogP contribution in [0.25, 0.3) is 0 Å². The lowest BCUT2D eigenvalue weighted by atomic mass is 9.53. The molecule has 6 atom stereocenters. The molecule has 2 fully saturated rings. The Bertz CT molecular complexity index is 498. The standard InChI is InChI=1S/C15H20O5/c1-8-9-3-5-14(2)10(17)4-6-15(19,7-16)12(14)11(9)20-13(8)18/h4,6,8-9,11-12,16,19H,3,5,7H2,1-2H3. The minimum atomic E-state index is -1.50. The summed E-state index contributed by atoms with van der Waals surface area (Å²) < 4.78 is 5.46. The zero-order valence-electron chi connectivity index (χ0n) is 11.7. The van der Waals surface area contributed by atoms with Crippen molar-refractivity contribution < 1.29 is 24.5 Å². The van der Waals surface area contributed by atoms with Gasteiger partial charge in [-0.3, -0.25) is 9.59 Å². The van der Waals surface area contributed by atoms with E-state index in [-0.39, 0.29) is 23.6 Å². The Morgan fingerprint density at radius 2 is 2.15 bits per heavy atom. The van der Waals surface area contributed by atoms with E-state index in [9.17, 15) is 19.8 Å². The van der Waals surface area contributed by atoms with Gasteiger partial charge in [0.2, 0.25) is 0 Å². The molecule has 0 amide bonds. The van der Waals surface area contributed by atoms with Crippen LogP contribution in [0.2, 0.25) is 0 Å². The van der Waals surface area contributed by atoms with Crippen LogP contribution in [0.1, 0.15) is 26.7 Å². The molecule has 20 heavy (non-hydrogen) atoms. The highest BCUT2D eigenvalue weighted by Crippen LogP contribution is 2.56. The molecule has 5 nitrogen and oxygen atoms in total. The highest BCUT2D eigenvalue weighted by Gasteiger charge is 2.63. The van der Waals surface area contributed by atoms with Crippen molar-refractivity contribution in [1.29, 1.82) is 0 Å². The minimum absolute atomic E-state index is 0.0120. The number of ether oxygens (including phenoxy) is 1. The van der Waals surface area contributed by atoms with E-state index < -0.39 is 29.6 Å². The fourth-order valence-electron chi connectivity index (χ4n) is 4.28. The zero-order chi connectivity index (χ0) is 14.7. The van der Waals surface area contributed by atoms with Crippen LogP contribution in [0.3, 0.4) is 0 Å². The van der Waals surface area contributed by atoms with E-state index in [1.54, 1.807) is 6.92 Å². The van der Waals surface area contributed by atoms with Crippen LogP contribution in [0.15, 0.2) is 12.2 Å². The van der Waals surface area contributed by atoms with Crippen molar-refractivity contribution in [2.24, 2.45) is 23.2 Å². The second-order valence-corrected chi connectivity index (χ2v) is 6.63. The SMILES string of the molecule is CC1C(=O)OC2C1CCC1(C)C(=O)C=CC(O)(CO)C21. The number of fused-ring (bicyclic) bond motifs is 3. The predicted octanol–water partition coefficient (Wildman–Crippen LogP) is 0.443. The molecular weight excluding hydrogens is 260 g/mol. The number of esters is 1. The summed E-state index contributed by atoms with van der Waals surface area (Å²) in [6.07, 6.45) is 3.55. The fraction of sp³-hybridized carbons (Fsp3) is 0.733. The first kappa shape index (κ1) is 13.8. The average Bonchev–Trinajstić information content (AvgIpc) is 2.70. The Hall–Kier alpha value is -1.20. The van der Waals surface area contributed by atoms with Gasteiger partial charge in [0.1, 0.15) is 11.7 Å². The molecule has 0 aromatic rings. The van der Waals surface area contributed by atoms with Crippen molar-refractivity contribution in [1.82, 2.24) is 0 Å². The molecule has 1 saturated carbocycles. The lowest BCUT2D eigenvalue weighted by Crippen LogP contribution is -2.61. The molecule has 0 aromatic carbocycles. The smallest absolute Gasteiger partial charge is 0.309 e. The summed E-state index contributed by atoms with van der Waals surface area (Å²) >= 11 is 0. The molecule has 5 heteroatoms. The number of hydrogen-bond donors (Lipinski definition) is 2. The van der Waals surface area contributed by atoms with Gasteiger partial charge in [0.05, 0.1) is 12.5 Å². The first-order valence-electron chi connectivity index (χ1n) is 7.11. The number of aliphatic hydroxyl groups excluding tert-OH is 1. The van der Waals surface area contributed by atoms with Crippen LogP contribution in [-0.2, 0) is 14.3 Å². The molecule has 3 rings (SSSR count). The predicted molar refractivity (Wildman–Crippen MR) is 69.5 cm³/mol. The summed E-state index contributed by atoms with van der Waals surface area (Å²) in [4.78, 5) is 24.1. The van der Waals surface area contributed by atoms with Gasteiger partial charge in [-0.1, -0.05) is 13.8 Å². The summed E-state index contributed by atoms with van der Waals surface area (Å²) in [5, 5.41) is 20.3. The van der Waals surface area contributed by atoms with Crippen molar-refractivity contribution >= 4 is 11.8 Å². The molecule has 0 aromatic heterocycles. The molecule has 3 aliphatic rings. The van der Waals surface area contributed by atoms with E-state index in [0.717, 1.165) is 6.42 Å². The van der Waals surface area contributed by atoms with Crippen LogP contribution >= 0.6 is 0 Å². The van der Waals surface area contributed by atoms with Crippen LogP contribution in [-0.4, -0.2) is 40.3 Å². The van der Waals surface area contributed by atoms with E-state index in [0.29, 0.717) is 6.42 Å². The topological polar surface area (TPSA) is 83.8 Å². The number of carbonyl (C=O) groups is 2. The number of rotatable bonds is 1. The quantitative estimate of drug-likeness (QED) is 0.681. The summed E-state index contributed by atoms with van der Waals surface area (Å²) in [6, 6.07) is 0. The summed E-state index contributed by atoms with van der Waals surface area (Å²) in [6.45, 7) is 3.15. The van der Waals surface area contributed by atoms with Gasteiger partial charge in [0, 0.05) is 17.3 Å². The van der Waals surface area contributed by atoms with Gasteiger partial charge in [0.25, 0.3) is 0 Å². The number of carbonyl (C=O) groups excluding carboxylic acids is 2. The molecular formula is C15H20O5. The minimum Gasteiger partial charge on any atom is -0.461 e. The second kappa shape index (κ2) is 4.15. The van der Waals surface area contributed by atoms with Crippen LogP contribution in [0, 0.1) is 23.2 Å². The molecule has 0 bridgehead atoms. The Morgan fingerprint density at radius 3 is 2.80 bits per heavy atom. The van der Waals surface area contributed by atoms with Gasteiger partial charge >= 0.3 is 5.97 Å². The zero-order valence-corrected chi connectivity index (χ0v) is 11.7. The number of hydrogen-bond acceptors (Lipinski definition) is 5. The van der Waals surface area contributed by atoms with Crippen molar-refractivity contribution in [2.75, 3.05) is 6.61 Å². The molecule has 1 saturated heterocycles. The van der Waals surface area contributed by atoms with Crippen molar-refractivity contribution in [3.8, 4) is 0 Å². The van der Waals surface area contributed by atoms with Crippen molar-refractivity contribution in [2.45, 2.75) is 38.4 Å². The molecule has 6 unspecified atom stereocenters. The molecule has 1 aliphatic heterocycles. The third kappa shape index (κ3) is 1.56. The lowest BCUT2D eigenvalue weighted by molar-refractivity contribution is -0.175. The van der Waals surface area contributed by atoms with E-state index in [1.165, 1.54) is 12.2 Å². The van der Waals surface area contributed by atoms with Gasteiger partial charge in [-0.2, -0.15) is 0 Å². The van der Waals surface area contributed by atoms with Gasteiger partial charge < -0.3 is 14.9 Å². The van der Waals surface area contributed by atoms with E-state index >= 15 is 0 Å². The normalized spacial score (nSPS) is 50.6. The first-order chi connectivity index (χ1) is 9.33. The molecule has 1 heterocycles. The highest BCUT2D eigenvalue weighted by atomic mass is 16.6. The number of aliphatic hydroxyl groups is 2. The van der Waals surface area contributed by atoms with Gasteiger partial charge in [-0.25, -0.2) is 0 Å². The van der Waals surface area contributed by atoms with Crippen LogP contribution in [0.4, 0.5) is 0 Å². The summed E-state index contributed by atoms with van der Waals surface area (Å²) in [5.74, 6) is -1.11. The van der Waals surface area contributed by atoms with Gasteiger partial charge in [-0.15, -0.1) is 0 Å². The third-order valence-electron chi connectivity index (χ3n) is 5.58. The second-order valence-electron chi connectivity index (χ2n) is 6.63.